The van der Waals surface area contributed by atoms with Gasteiger partial charge in [0.15, 0.2) is 0 Å². The van der Waals surface area contributed by atoms with E-state index in [9.17, 15) is 9.90 Å². The predicted molar refractivity (Wildman–Crippen MR) is 89.5 cm³/mol. The number of aliphatic hydroxyl groups excluding tert-OH is 1. The summed E-state index contributed by atoms with van der Waals surface area (Å²) in [5.41, 5.74) is 0.850. The van der Waals surface area contributed by atoms with Crippen molar-refractivity contribution < 1.29 is 9.90 Å². The molecule has 122 valence electrons. The maximum Gasteiger partial charge on any atom is 0.317 e. The molecule has 6 heteroatoms. The van der Waals surface area contributed by atoms with E-state index in [0.717, 1.165) is 18.4 Å². The summed E-state index contributed by atoms with van der Waals surface area (Å²) in [5, 5.41) is 13.5. The second-order valence-corrected chi connectivity index (χ2v) is 6.94. The molecule has 4 nitrogen and oxygen atoms in total. The minimum Gasteiger partial charge on any atom is -0.393 e. The van der Waals surface area contributed by atoms with E-state index in [-0.39, 0.29) is 18.2 Å². The topological polar surface area (TPSA) is 52.6 Å². The summed E-state index contributed by atoms with van der Waals surface area (Å²) >= 11 is 12.3. The van der Waals surface area contributed by atoms with Crippen molar-refractivity contribution in [3.8, 4) is 0 Å². The van der Waals surface area contributed by atoms with Crippen molar-refractivity contribution in [2.75, 3.05) is 13.6 Å². The lowest BCUT2D eigenvalue weighted by Crippen LogP contribution is -2.46. The second-order valence-electron chi connectivity index (χ2n) is 6.13. The summed E-state index contributed by atoms with van der Waals surface area (Å²) in [5.74, 6) is 0.402. The Morgan fingerprint density at radius 3 is 2.55 bits per heavy atom. The van der Waals surface area contributed by atoms with E-state index < -0.39 is 0 Å². The molecule has 1 aliphatic rings. The predicted octanol–water partition coefficient (Wildman–Crippen LogP) is 3.34. The van der Waals surface area contributed by atoms with E-state index in [1.54, 1.807) is 30.1 Å². The Labute approximate surface area is 141 Å². The molecule has 22 heavy (non-hydrogen) atoms. The fourth-order valence-electron chi connectivity index (χ4n) is 2.73. The molecule has 1 saturated carbocycles. The number of carbonyl (C=O) groups excluding carboxylic acids is 1. The number of aliphatic hydroxyl groups is 1. The Morgan fingerprint density at radius 1 is 1.41 bits per heavy atom. The van der Waals surface area contributed by atoms with Gasteiger partial charge in [-0.05, 0) is 49.8 Å². The molecule has 0 saturated heterocycles. The van der Waals surface area contributed by atoms with Crippen molar-refractivity contribution in [2.24, 2.45) is 5.92 Å². The highest BCUT2D eigenvalue weighted by Gasteiger charge is 2.29. The van der Waals surface area contributed by atoms with Crippen molar-refractivity contribution in [2.45, 2.75) is 38.3 Å². The van der Waals surface area contributed by atoms with Crippen LogP contribution in [0.25, 0.3) is 0 Å². The third kappa shape index (κ3) is 4.51. The number of hydrogen-bond acceptors (Lipinski definition) is 2. The Bertz CT molecular complexity index is 513. The van der Waals surface area contributed by atoms with E-state index in [0.29, 0.717) is 28.9 Å². The minimum atomic E-state index is -0.192. The highest BCUT2D eigenvalue weighted by Crippen LogP contribution is 2.28. The molecule has 1 aromatic rings. The van der Waals surface area contributed by atoms with Gasteiger partial charge < -0.3 is 15.3 Å². The summed E-state index contributed by atoms with van der Waals surface area (Å²) in [7, 11) is 1.77. The van der Waals surface area contributed by atoms with Crippen molar-refractivity contribution >= 4 is 29.2 Å². The number of benzene rings is 1. The van der Waals surface area contributed by atoms with Crippen molar-refractivity contribution in [1.82, 2.24) is 10.2 Å². The van der Waals surface area contributed by atoms with E-state index >= 15 is 0 Å². The number of amides is 2. The van der Waals surface area contributed by atoms with Crippen LogP contribution in [0.3, 0.4) is 0 Å². The fourth-order valence-corrected chi connectivity index (χ4v) is 3.28. The van der Waals surface area contributed by atoms with Crippen LogP contribution < -0.4 is 5.32 Å². The SMILES string of the molecule is C[C@@H](Cc1c(Cl)cccc1Cl)NC(=O)N(C)CC1CC(O)C1. The van der Waals surface area contributed by atoms with Crippen LogP contribution in [0.2, 0.25) is 10.0 Å². The van der Waals surface area contributed by atoms with Crippen LogP contribution in [-0.2, 0) is 6.42 Å². The molecule has 0 spiro atoms. The number of nitrogens with one attached hydrogen (secondary N) is 1. The average Bonchev–Trinajstić information content (AvgIpc) is 2.41. The van der Waals surface area contributed by atoms with E-state index in [1.165, 1.54) is 0 Å². The second kappa shape index (κ2) is 7.53. The number of nitrogens with zero attached hydrogens (tertiary/aromatic N) is 1. The summed E-state index contributed by atoms with van der Waals surface area (Å²) in [6, 6.07) is 5.21. The van der Waals surface area contributed by atoms with Crippen molar-refractivity contribution in [1.29, 1.82) is 0 Å². The van der Waals surface area contributed by atoms with Gasteiger partial charge in [-0.3, -0.25) is 0 Å². The third-order valence-corrected chi connectivity index (χ3v) is 4.74. The molecule has 0 radical (unpaired) electrons. The lowest BCUT2D eigenvalue weighted by Gasteiger charge is -2.34. The standard InChI is InChI=1S/C16H22Cl2N2O2/c1-10(6-13-14(17)4-3-5-15(13)18)19-16(22)20(2)9-11-7-12(21)8-11/h3-5,10-12,21H,6-9H2,1-2H3,(H,19,22)/t10-,11?,12?/m0/s1. The fraction of sp³-hybridized carbons (Fsp3) is 0.562. The Hall–Kier alpha value is -0.970. The maximum absolute atomic E-state index is 12.2. The largest absolute Gasteiger partial charge is 0.393 e. The molecule has 1 atom stereocenters. The molecule has 2 amide bonds. The number of urea groups is 1. The molecule has 1 aliphatic carbocycles. The smallest absolute Gasteiger partial charge is 0.317 e. The summed E-state index contributed by atoms with van der Waals surface area (Å²) in [4.78, 5) is 13.8. The van der Waals surface area contributed by atoms with Gasteiger partial charge in [0.05, 0.1) is 6.10 Å². The molecule has 1 aromatic carbocycles. The summed E-state index contributed by atoms with van der Waals surface area (Å²) in [6.07, 6.45) is 1.95. The summed E-state index contributed by atoms with van der Waals surface area (Å²) in [6.45, 7) is 2.60. The highest BCUT2D eigenvalue weighted by molar-refractivity contribution is 6.36. The van der Waals surface area contributed by atoms with Gasteiger partial charge in [0.2, 0.25) is 0 Å². The third-order valence-electron chi connectivity index (χ3n) is 4.03. The quantitative estimate of drug-likeness (QED) is 0.860. The maximum atomic E-state index is 12.2. The van der Waals surface area contributed by atoms with Crippen LogP contribution in [0, 0.1) is 5.92 Å². The first kappa shape index (κ1) is 17.4. The molecule has 2 rings (SSSR count). The zero-order valence-electron chi connectivity index (χ0n) is 12.9. The first-order valence-electron chi connectivity index (χ1n) is 7.49. The van der Waals surface area contributed by atoms with Crippen LogP contribution in [0.4, 0.5) is 4.79 Å². The van der Waals surface area contributed by atoms with Gasteiger partial charge in [-0.2, -0.15) is 0 Å². The van der Waals surface area contributed by atoms with Crippen LogP contribution in [0.1, 0.15) is 25.3 Å². The molecule has 0 aromatic heterocycles. The van der Waals surface area contributed by atoms with E-state index in [2.05, 4.69) is 5.32 Å². The molecule has 0 heterocycles. The van der Waals surface area contributed by atoms with Gasteiger partial charge in [-0.1, -0.05) is 29.3 Å². The monoisotopic (exact) mass is 344 g/mol. The van der Waals surface area contributed by atoms with Gasteiger partial charge in [-0.15, -0.1) is 0 Å². The molecule has 0 unspecified atom stereocenters. The lowest BCUT2D eigenvalue weighted by atomic mass is 9.82. The normalized spacial score (nSPS) is 21.9. The van der Waals surface area contributed by atoms with Crippen molar-refractivity contribution in [3.63, 3.8) is 0 Å². The van der Waals surface area contributed by atoms with Gasteiger partial charge in [0.1, 0.15) is 0 Å². The molecular formula is C16H22Cl2N2O2. The van der Waals surface area contributed by atoms with Gasteiger partial charge in [0, 0.05) is 29.7 Å². The first-order valence-corrected chi connectivity index (χ1v) is 8.25. The van der Waals surface area contributed by atoms with Crippen LogP contribution in [0.5, 0.6) is 0 Å². The number of halogens is 2. The van der Waals surface area contributed by atoms with Gasteiger partial charge in [0.25, 0.3) is 0 Å². The Kier molecular flexibility index (Phi) is 5.95. The summed E-state index contributed by atoms with van der Waals surface area (Å²) < 4.78 is 0. The van der Waals surface area contributed by atoms with E-state index in [4.69, 9.17) is 23.2 Å². The molecular weight excluding hydrogens is 323 g/mol. The zero-order chi connectivity index (χ0) is 16.3. The molecule has 2 N–H and O–H groups in total. The number of hydrogen-bond donors (Lipinski definition) is 2. The Balaban J connectivity index is 1.83. The Morgan fingerprint density at radius 2 is 2.00 bits per heavy atom. The zero-order valence-corrected chi connectivity index (χ0v) is 14.4. The van der Waals surface area contributed by atoms with Crippen LogP contribution in [-0.4, -0.2) is 41.8 Å². The van der Waals surface area contributed by atoms with Crippen LogP contribution in [0.15, 0.2) is 18.2 Å². The lowest BCUT2D eigenvalue weighted by molar-refractivity contribution is 0.0324. The molecule has 0 aliphatic heterocycles. The van der Waals surface area contributed by atoms with Gasteiger partial charge >= 0.3 is 6.03 Å². The number of rotatable bonds is 5. The highest BCUT2D eigenvalue weighted by atomic mass is 35.5. The van der Waals surface area contributed by atoms with Crippen molar-refractivity contribution in [3.05, 3.63) is 33.8 Å². The molecule has 1 fully saturated rings. The molecule has 0 bridgehead atoms. The van der Waals surface area contributed by atoms with E-state index in [1.807, 2.05) is 6.92 Å². The van der Waals surface area contributed by atoms with Crippen LogP contribution >= 0.6 is 23.2 Å². The number of carbonyl (C=O) groups is 1. The van der Waals surface area contributed by atoms with Gasteiger partial charge in [-0.25, -0.2) is 4.79 Å². The average molecular weight is 345 g/mol. The minimum absolute atomic E-state index is 0.0701. The first-order chi connectivity index (χ1) is 10.4.